The molecule has 0 bridgehead atoms. The number of nitrogens with zero attached hydrogens (tertiary/aromatic N) is 3. The number of para-hydroxylation sites is 1. The Morgan fingerprint density at radius 2 is 1.93 bits per heavy atom. The Hall–Kier alpha value is -2.73. The molecule has 1 aliphatic carbocycles. The molecule has 2 heterocycles. The summed E-state index contributed by atoms with van der Waals surface area (Å²) in [5, 5.41) is 6.69. The fourth-order valence-electron chi connectivity index (χ4n) is 3.24. The van der Waals surface area contributed by atoms with Gasteiger partial charge in [0.25, 0.3) is 0 Å². The van der Waals surface area contributed by atoms with Crippen LogP contribution in [0, 0.1) is 5.82 Å². The first-order valence-corrected chi connectivity index (χ1v) is 9.34. The van der Waals surface area contributed by atoms with Crippen LogP contribution in [0.2, 0.25) is 5.02 Å². The lowest BCUT2D eigenvalue weighted by molar-refractivity contribution is 0.632. The molecule has 1 aromatic carbocycles. The van der Waals surface area contributed by atoms with E-state index in [1.165, 1.54) is 18.9 Å². The van der Waals surface area contributed by atoms with Gasteiger partial charge in [-0.05, 0) is 37.1 Å². The van der Waals surface area contributed by atoms with E-state index in [1.807, 2.05) is 12.1 Å². The Balaban J connectivity index is 1.71. The molecule has 138 valence electrons. The van der Waals surface area contributed by atoms with Crippen LogP contribution < -0.4 is 10.6 Å². The van der Waals surface area contributed by atoms with E-state index in [9.17, 15) is 4.39 Å². The third kappa shape index (κ3) is 4.17. The molecule has 1 saturated carbocycles. The molecule has 0 atom stereocenters. The molecule has 0 unspecified atom stereocenters. The van der Waals surface area contributed by atoms with E-state index >= 15 is 0 Å². The van der Waals surface area contributed by atoms with Crippen LogP contribution in [0.5, 0.6) is 0 Å². The SMILES string of the molecule is Fc1cccc(Cl)c1Nc1cc(-c2cccnc2)nc(NC2CCCC2)n1. The summed E-state index contributed by atoms with van der Waals surface area (Å²) in [5.41, 5.74) is 1.76. The normalized spacial score (nSPS) is 14.3. The fourth-order valence-corrected chi connectivity index (χ4v) is 3.45. The number of hydrogen-bond donors (Lipinski definition) is 2. The molecular formula is C20H19ClFN5. The number of pyridine rings is 1. The van der Waals surface area contributed by atoms with E-state index in [1.54, 1.807) is 30.6 Å². The van der Waals surface area contributed by atoms with Crippen LogP contribution >= 0.6 is 11.6 Å². The third-order valence-electron chi connectivity index (χ3n) is 4.59. The molecule has 1 aliphatic rings. The van der Waals surface area contributed by atoms with Crippen LogP contribution in [0.4, 0.5) is 21.8 Å². The summed E-state index contributed by atoms with van der Waals surface area (Å²) in [6, 6.07) is 10.5. The van der Waals surface area contributed by atoms with Crippen molar-refractivity contribution in [1.29, 1.82) is 0 Å². The smallest absolute Gasteiger partial charge is 0.225 e. The predicted octanol–water partition coefficient (Wildman–Crippen LogP) is 5.43. The highest BCUT2D eigenvalue weighted by Gasteiger charge is 2.17. The Morgan fingerprint density at radius 1 is 1.07 bits per heavy atom. The van der Waals surface area contributed by atoms with Gasteiger partial charge in [-0.15, -0.1) is 0 Å². The van der Waals surface area contributed by atoms with Crippen molar-refractivity contribution < 1.29 is 4.39 Å². The zero-order chi connectivity index (χ0) is 18.6. The van der Waals surface area contributed by atoms with Gasteiger partial charge in [-0.1, -0.05) is 30.5 Å². The molecule has 2 N–H and O–H groups in total. The lowest BCUT2D eigenvalue weighted by atomic mass is 10.2. The first kappa shape index (κ1) is 17.7. The van der Waals surface area contributed by atoms with E-state index in [0.717, 1.165) is 18.4 Å². The van der Waals surface area contributed by atoms with Crippen molar-refractivity contribution in [1.82, 2.24) is 15.0 Å². The quantitative estimate of drug-likeness (QED) is 0.615. The van der Waals surface area contributed by atoms with Crippen molar-refractivity contribution in [2.24, 2.45) is 0 Å². The second kappa shape index (κ2) is 7.88. The first-order valence-electron chi connectivity index (χ1n) is 8.96. The molecule has 1 fully saturated rings. The second-order valence-electron chi connectivity index (χ2n) is 6.55. The number of rotatable bonds is 5. The summed E-state index contributed by atoms with van der Waals surface area (Å²) in [4.78, 5) is 13.3. The molecule has 5 nitrogen and oxygen atoms in total. The molecule has 4 rings (SSSR count). The van der Waals surface area contributed by atoms with Crippen molar-refractivity contribution in [3.05, 3.63) is 59.6 Å². The highest BCUT2D eigenvalue weighted by atomic mass is 35.5. The number of anilines is 3. The average Bonchev–Trinajstić information content (AvgIpc) is 3.18. The van der Waals surface area contributed by atoms with Crippen LogP contribution in [-0.4, -0.2) is 21.0 Å². The fraction of sp³-hybridized carbons (Fsp3) is 0.250. The molecule has 7 heteroatoms. The second-order valence-corrected chi connectivity index (χ2v) is 6.96. The Kier molecular flexibility index (Phi) is 5.16. The minimum atomic E-state index is -0.436. The lowest BCUT2D eigenvalue weighted by Gasteiger charge is -2.15. The summed E-state index contributed by atoms with van der Waals surface area (Å²) in [7, 11) is 0. The number of benzene rings is 1. The highest BCUT2D eigenvalue weighted by Crippen LogP contribution is 2.30. The van der Waals surface area contributed by atoms with Crippen LogP contribution in [0.3, 0.4) is 0 Å². The van der Waals surface area contributed by atoms with Gasteiger partial charge in [0.1, 0.15) is 11.6 Å². The van der Waals surface area contributed by atoms with Crippen LogP contribution in [0.1, 0.15) is 25.7 Å². The zero-order valence-electron chi connectivity index (χ0n) is 14.6. The summed E-state index contributed by atoms with van der Waals surface area (Å²) in [6.45, 7) is 0. The van der Waals surface area contributed by atoms with Gasteiger partial charge in [0.15, 0.2) is 0 Å². The Labute approximate surface area is 162 Å². The maximum Gasteiger partial charge on any atom is 0.225 e. The molecule has 0 radical (unpaired) electrons. The van der Waals surface area contributed by atoms with Gasteiger partial charge < -0.3 is 10.6 Å². The van der Waals surface area contributed by atoms with Crippen molar-refractivity contribution in [3.8, 4) is 11.3 Å². The van der Waals surface area contributed by atoms with Crippen molar-refractivity contribution in [2.45, 2.75) is 31.7 Å². The third-order valence-corrected chi connectivity index (χ3v) is 4.90. The summed E-state index contributed by atoms with van der Waals surface area (Å²) in [6.07, 6.45) is 8.05. The van der Waals surface area contributed by atoms with Crippen molar-refractivity contribution >= 4 is 29.1 Å². The molecule has 0 aliphatic heterocycles. The lowest BCUT2D eigenvalue weighted by Crippen LogP contribution is -2.17. The maximum atomic E-state index is 14.2. The highest BCUT2D eigenvalue weighted by molar-refractivity contribution is 6.33. The molecule has 0 spiro atoms. The van der Waals surface area contributed by atoms with Gasteiger partial charge in [-0.3, -0.25) is 4.98 Å². The molecule has 0 amide bonds. The van der Waals surface area contributed by atoms with Crippen LogP contribution in [-0.2, 0) is 0 Å². The predicted molar refractivity (Wildman–Crippen MR) is 106 cm³/mol. The number of nitrogens with one attached hydrogen (secondary N) is 2. The van der Waals surface area contributed by atoms with E-state index in [-0.39, 0.29) is 5.69 Å². The zero-order valence-corrected chi connectivity index (χ0v) is 15.4. The molecule has 3 aromatic rings. The monoisotopic (exact) mass is 383 g/mol. The standard InChI is InChI=1S/C20H19ClFN5/c21-15-8-3-9-16(22)19(15)26-18-11-17(13-5-4-10-23-12-13)25-20(27-18)24-14-6-1-2-7-14/h3-5,8-12,14H,1-2,6-7H2,(H2,24,25,26,27). The Bertz CT molecular complexity index is 909. The summed E-state index contributed by atoms with van der Waals surface area (Å²) < 4.78 is 14.2. The molecule has 0 saturated heterocycles. The van der Waals surface area contributed by atoms with Gasteiger partial charge in [0, 0.05) is 30.1 Å². The number of aromatic nitrogens is 3. The minimum absolute atomic E-state index is 0.196. The van der Waals surface area contributed by atoms with Gasteiger partial charge >= 0.3 is 0 Å². The van der Waals surface area contributed by atoms with E-state index in [2.05, 4.69) is 25.6 Å². The van der Waals surface area contributed by atoms with Crippen molar-refractivity contribution in [2.75, 3.05) is 10.6 Å². The number of hydrogen-bond acceptors (Lipinski definition) is 5. The van der Waals surface area contributed by atoms with E-state index in [0.29, 0.717) is 28.5 Å². The Morgan fingerprint density at radius 3 is 2.67 bits per heavy atom. The van der Waals surface area contributed by atoms with Gasteiger partial charge in [-0.25, -0.2) is 9.37 Å². The number of halogens is 2. The van der Waals surface area contributed by atoms with E-state index in [4.69, 9.17) is 11.6 Å². The molecular weight excluding hydrogens is 365 g/mol. The maximum absolute atomic E-state index is 14.2. The topological polar surface area (TPSA) is 62.7 Å². The summed E-state index contributed by atoms with van der Waals surface area (Å²) >= 11 is 6.14. The molecule has 27 heavy (non-hydrogen) atoms. The van der Waals surface area contributed by atoms with Gasteiger partial charge in [0.05, 0.1) is 16.4 Å². The first-order chi connectivity index (χ1) is 13.2. The summed E-state index contributed by atoms with van der Waals surface area (Å²) in [5.74, 6) is 0.545. The van der Waals surface area contributed by atoms with Crippen LogP contribution in [0.25, 0.3) is 11.3 Å². The van der Waals surface area contributed by atoms with Crippen molar-refractivity contribution in [3.63, 3.8) is 0 Å². The van der Waals surface area contributed by atoms with Gasteiger partial charge in [-0.2, -0.15) is 4.98 Å². The molecule has 2 aromatic heterocycles. The average molecular weight is 384 g/mol. The van der Waals surface area contributed by atoms with Gasteiger partial charge in [0.2, 0.25) is 5.95 Å². The van der Waals surface area contributed by atoms with Crippen LogP contribution in [0.15, 0.2) is 48.8 Å². The minimum Gasteiger partial charge on any atom is -0.351 e. The van der Waals surface area contributed by atoms with E-state index < -0.39 is 5.82 Å². The largest absolute Gasteiger partial charge is 0.351 e.